The molecule has 0 saturated heterocycles. The van der Waals surface area contributed by atoms with Crippen molar-refractivity contribution in [3.63, 3.8) is 0 Å². The molecule has 1 unspecified atom stereocenters. The highest BCUT2D eigenvalue weighted by Crippen LogP contribution is 2.22. The minimum atomic E-state index is -3.86. The number of aliphatic hydroxyl groups excluding tert-OH is 1. The molecule has 1 aromatic carbocycles. The van der Waals surface area contributed by atoms with Gasteiger partial charge in [0.1, 0.15) is 0 Å². The molecule has 0 bridgehead atoms. The predicted molar refractivity (Wildman–Crippen MR) is 67.7 cm³/mol. The van der Waals surface area contributed by atoms with E-state index in [1.54, 1.807) is 12.1 Å². The Balaban J connectivity index is 2.90. The second-order valence-corrected chi connectivity index (χ2v) is 6.23. The molecule has 0 aliphatic rings. The molecular weight excluding hydrogens is 326 g/mol. The fourth-order valence-electron chi connectivity index (χ4n) is 1.18. The SMILES string of the molecule is Cc1ccc(S(=O)(=O)NCC(O)C(=O)O)c(Br)c1. The van der Waals surface area contributed by atoms with Crippen molar-refractivity contribution in [3.8, 4) is 0 Å². The molecule has 1 atom stereocenters. The summed E-state index contributed by atoms with van der Waals surface area (Å²) < 4.78 is 26.1. The second kappa shape index (κ2) is 5.79. The Hall–Kier alpha value is -0.960. The minimum absolute atomic E-state index is 0.00862. The van der Waals surface area contributed by atoms with Crippen LogP contribution < -0.4 is 4.72 Å². The average Bonchev–Trinajstić information content (AvgIpc) is 2.25. The van der Waals surface area contributed by atoms with Gasteiger partial charge in [-0.1, -0.05) is 6.07 Å². The Bertz CT molecular complexity index is 557. The van der Waals surface area contributed by atoms with Gasteiger partial charge in [0, 0.05) is 11.0 Å². The second-order valence-electron chi connectivity index (χ2n) is 3.64. The van der Waals surface area contributed by atoms with Gasteiger partial charge in [0.05, 0.1) is 4.90 Å². The predicted octanol–water partition coefficient (Wildman–Crippen LogP) is 0.481. The summed E-state index contributed by atoms with van der Waals surface area (Å²) in [6.45, 7) is 1.22. The number of rotatable bonds is 5. The first-order chi connectivity index (χ1) is 8.24. The molecule has 0 aliphatic carbocycles. The summed E-state index contributed by atoms with van der Waals surface area (Å²) in [4.78, 5) is 10.4. The van der Waals surface area contributed by atoms with E-state index in [9.17, 15) is 13.2 Å². The molecule has 0 radical (unpaired) electrons. The fraction of sp³-hybridized carbons (Fsp3) is 0.300. The van der Waals surface area contributed by atoms with Crippen molar-refractivity contribution in [2.75, 3.05) is 6.54 Å². The summed E-state index contributed by atoms with van der Waals surface area (Å²) in [7, 11) is -3.86. The number of benzene rings is 1. The number of hydrogen-bond acceptors (Lipinski definition) is 4. The van der Waals surface area contributed by atoms with Gasteiger partial charge in [0.2, 0.25) is 10.0 Å². The van der Waals surface area contributed by atoms with Crippen molar-refractivity contribution in [3.05, 3.63) is 28.2 Å². The highest BCUT2D eigenvalue weighted by molar-refractivity contribution is 9.10. The van der Waals surface area contributed by atoms with Gasteiger partial charge in [-0.25, -0.2) is 17.9 Å². The molecule has 0 aromatic heterocycles. The third-order valence-corrected chi connectivity index (χ3v) is 4.53. The van der Waals surface area contributed by atoms with Crippen LogP contribution in [0, 0.1) is 6.92 Å². The number of nitrogens with one attached hydrogen (secondary N) is 1. The third kappa shape index (κ3) is 3.77. The molecule has 1 aromatic rings. The van der Waals surface area contributed by atoms with Gasteiger partial charge in [-0.15, -0.1) is 0 Å². The van der Waals surface area contributed by atoms with Crippen molar-refractivity contribution in [2.24, 2.45) is 0 Å². The smallest absolute Gasteiger partial charge is 0.333 e. The summed E-state index contributed by atoms with van der Waals surface area (Å²) in [5.41, 5.74) is 0.881. The number of aliphatic carboxylic acids is 1. The summed E-state index contributed by atoms with van der Waals surface area (Å²) in [6.07, 6.45) is -1.77. The maximum atomic E-state index is 11.8. The Morgan fingerprint density at radius 3 is 2.61 bits per heavy atom. The normalized spacial score (nSPS) is 13.3. The van der Waals surface area contributed by atoms with Crippen LogP contribution in [-0.4, -0.2) is 37.2 Å². The Labute approximate surface area is 113 Å². The van der Waals surface area contributed by atoms with Gasteiger partial charge in [-0.3, -0.25) is 0 Å². The quantitative estimate of drug-likeness (QED) is 0.725. The maximum absolute atomic E-state index is 11.8. The lowest BCUT2D eigenvalue weighted by molar-refractivity contribution is -0.146. The third-order valence-electron chi connectivity index (χ3n) is 2.13. The van der Waals surface area contributed by atoms with Crippen molar-refractivity contribution in [1.29, 1.82) is 0 Å². The molecule has 1 rings (SSSR count). The summed E-state index contributed by atoms with van der Waals surface area (Å²) in [5.74, 6) is -1.49. The lowest BCUT2D eigenvalue weighted by atomic mass is 10.2. The molecule has 0 fully saturated rings. The Kier molecular flexibility index (Phi) is 4.85. The van der Waals surface area contributed by atoms with E-state index in [2.05, 4.69) is 15.9 Å². The number of halogens is 1. The van der Waals surface area contributed by atoms with Crippen molar-refractivity contribution in [2.45, 2.75) is 17.9 Å². The summed E-state index contributed by atoms with van der Waals surface area (Å²) in [6, 6.07) is 4.64. The first-order valence-electron chi connectivity index (χ1n) is 4.91. The molecule has 0 amide bonds. The van der Waals surface area contributed by atoms with Gasteiger partial charge >= 0.3 is 5.97 Å². The largest absolute Gasteiger partial charge is 0.479 e. The molecule has 0 spiro atoms. The zero-order valence-corrected chi connectivity index (χ0v) is 11.8. The average molecular weight is 338 g/mol. The molecule has 0 saturated carbocycles. The Morgan fingerprint density at radius 2 is 2.11 bits per heavy atom. The van der Waals surface area contributed by atoms with Crippen LogP contribution in [0.4, 0.5) is 0 Å². The minimum Gasteiger partial charge on any atom is -0.479 e. The number of aliphatic hydroxyl groups is 1. The van der Waals surface area contributed by atoms with Crippen molar-refractivity contribution >= 4 is 31.9 Å². The molecule has 3 N–H and O–H groups in total. The number of carbonyl (C=O) groups is 1. The van der Waals surface area contributed by atoms with Crippen LogP contribution in [0.1, 0.15) is 5.56 Å². The van der Waals surface area contributed by atoms with Crippen LogP contribution in [0.3, 0.4) is 0 Å². The van der Waals surface area contributed by atoms with Crippen LogP contribution in [-0.2, 0) is 14.8 Å². The number of carboxylic acids is 1. The zero-order valence-electron chi connectivity index (χ0n) is 9.42. The molecule has 0 aliphatic heterocycles. The monoisotopic (exact) mass is 337 g/mol. The highest BCUT2D eigenvalue weighted by atomic mass is 79.9. The number of hydrogen-bond donors (Lipinski definition) is 3. The molecule has 18 heavy (non-hydrogen) atoms. The van der Waals surface area contributed by atoms with E-state index < -0.39 is 28.6 Å². The number of sulfonamides is 1. The van der Waals surface area contributed by atoms with Crippen LogP contribution >= 0.6 is 15.9 Å². The van der Waals surface area contributed by atoms with Crippen molar-refractivity contribution in [1.82, 2.24) is 4.72 Å². The molecule has 8 heteroatoms. The number of carboxylic acid groups (broad SMARTS) is 1. The lowest BCUT2D eigenvalue weighted by Crippen LogP contribution is -2.36. The van der Waals surface area contributed by atoms with Gasteiger partial charge in [0.25, 0.3) is 0 Å². The van der Waals surface area contributed by atoms with E-state index >= 15 is 0 Å². The summed E-state index contributed by atoms with van der Waals surface area (Å²) in [5, 5.41) is 17.5. The van der Waals surface area contributed by atoms with E-state index in [-0.39, 0.29) is 4.90 Å². The molecule has 100 valence electrons. The fourth-order valence-corrected chi connectivity index (χ4v) is 3.41. The highest BCUT2D eigenvalue weighted by Gasteiger charge is 2.21. The van der Waals surface area contributed by atoms with Gasteiger partial charge < -0.3 is 10.2 Å². The van der Waals surface area contributed by atoms with E-state index in [1.165, 1.54) is 6.07 Å². The van der Waals surface area contributed by atoms with E-state index in [0.29, 0.717) is 4.47 Å². The first-order valence-corrected chi connectivity index (χ1v) is 7.18. The van der Waals surface area contributed by atoms with Crippen LogP contribution in [0.15, 0.2) is 27.6 Å². The standard InChI is InChI=1S/C10H12BrNO5S/c1-6-2-3-9(7(11)4-6)18(16,17)12-5-8(13)10(14)15/h2-4,8,12-13H,5H2,1H3,(H,14,15). The van der Waals surface area contributed by atoms with Gasteiger partial charge in [-0.2, -0.15) is 0 Å². The van der Waals surface area contributed by atoms with Gasteiger partial charge in [0.15, 0.2) is 6.10 Å². The molecule has 0 heterocycles. The van der Waals surface area contributed by atoms with E-state index in [0.717, 1.165) is 5.56 Å². The zero-order chi connectivity index (χ0) is 13.9. The topological polar surface area (TPSA) is 104 Å². The maximum Gasteiger partial charge on any atom is 0.333 e. The van der Waals surface area contributed by atoms with Crippen LogP contribution in [0.2, 0.25) is 0 Å². The first kappa shape index (κ1) is 15.1. The van der Waals surface area contributed by atoms with Crippen LogP contribution in [0.25, 0.3) is 0 Å². The van der Waals surface area contributed by atoms with Gasteiger partial charge in [-0.05, 0) is 40.5 Å². The Morgan fingerprint density at radius 1 is 1.50 bits per heavy atom. The van der Waals surface area contributed by atoms with Crippen LogP contribution in [0.5, 0.6) is 0 Å². The van der Waals surface area contributed by atoms with Crippen molar-refractivity contribution < 1.29 is 23.4 Å². The van der Waals surface area contributed by atoms with E-state index in [4.69, 9.17) is 10.2 Å². The van der Waals surface area contributed by atoms with E-state index in [1.807, 2.05) is 11.6 Å². The lowest BCUT2D eigenvalue weighted by Gasteiger charge is -2.10. The molecule has 6 nitrogen and oxygen atoms in total. The summed E-state index contributed by atoms with van der Waals surface area (Å²) >= 11 is 3.12. The molecular formula is C10H12BrNO5S. The number of aryl methyl sites for hydroxylation is 1.